The lowest BCUT2D eigenvalue weighted by molar-refractivity contribution is 0.102. The molecule has 10 nitrogen and oxygen atoms in total. The van der Waals surface area contributed by atoms with Gasteiger partial charge in [0.1, 0.15) is 23.6 Å². The van der Waals surface area contributed by atoms with E-state index < -0.39 is 5.91 Å². The van der Waals surface area contributed by atoms with Gasteiger partial charge in [-0.15, -0.1) is 0 Å². The highest BCUT2D eigenvalue weighted by atomic mass is 16.5. The number of amides is 1. The number of hydrogen-bond donors (Lipinski definition) is 1. The van der Waals surface area contributed by atoms with Crippen LogP contribution in [0, 0.1) is 22.7 Å². The average molecular weight is 398 g/mol. The first kappa shape index (κ1) is 18.7. The molecule has 4 aromatic rings. The standard InChI is InChI=1S/C20H14N8O2/c1-30-17-4-3-13(10-22)9-14(17)18-16(12-27(26-18)8-5-21)25-20(29)15-11-24-28-7-2-6-23-19(15)28/h2-4,6-7,9,11-12H,8H2,1H3,(H,25,29). The summed E-state index contributed by atoms with van der Waals surface area (Å²) in [4.78, 5) is 17.1. The van der Waals surface area contributed by atoms with Crippen molar-refractivity contribution in [2.24, 2.45) is 0 Å². The Labute approximate surface area is 170 Å². The van der Waals surface area contributed by atoms with E-state index in [1.807, 2.05) is 6.07 Å². The Bertz CT molecular complexity index is 1340. The molecule has 0 saturated carbocycles. The van der Waals surface area contributed by atoms with Gasteiger partial charge in [0.05, 0.1) is 42.9 Å². The van der Waals surface area contributed by atoms with Crippen LogP contribution in [0.15, 0.2) is 49.1 Å². The van der Waals surface area contributed by atoms with Crippen LogP contribution in [0.1, 0.15) is 15.9 Å². The fraction of sp³-hybridized carbons (Fsp3) is 0.100. The van der Waals surface area contributed by atoms with Crippen LogP contribution >= 0.6 is 0 Å². The number of carbonyl (C=O) groups excluding carboxylic acids is 1. The minimum Gasteiger partial charge on any atom is -0.496 e. The molecule has 0 fully saturated rings. The predicted octanol–water partition coefficient (Wildman–Crippen LogP) is 2.25. The van der Waals surface area contributed by atoms with Crippen LogP contribution in [-0.4, -0.2) is 37.4 Å². The summed E-state index contributed by atoms with van der Waals surface area (Å²) < 4.78 is 8.29. The molecule has 3 aromatic heterocycles. The molecule has 0 aliphatic carbocycles. The third-order valence-corrected chi connectivity index (χ3v) is 4.35. The van der Waals surface area contributed by atoms with Crippen molar-refractivity contribution in [2.45, 2.75) is 6.54 Å². The number of carbonyl (C=O) groups is 1. The highest BCUT2D eigenvalue weighted by molar-refractivity contribution is 6.09. The van der Waals surface area contributed by atoms with E-state index in [1.54, 1.807) is 42.9 Å². The van der Waals surface area contributed by atoms with E-state index in [-0.39, 0.29) is 12.1 Å². The van der Waals surface area contributed by atoms with Gasteiger partial charge in [-0.05, 0) is 24.3 Å². The molecule has 3 heterocycles. The molecule has 1 N–H and O–H groups in total. The van der Waals surface area contributed by atoms with E-state index in [4.69, 9.17) is 10.00 Å². The van der Waals surface area contributed by atoms with Crippen LogP contribution in [-0.2, 0) is 6.54 Å². The maximum Gasteiger partial charge on any atom is 0.261 e. The van der Waals surface area contributed by atoms with Gasteiger partial charge in [-0.25, -0.2) is 9.50 Å². The number of fused-ring (bicyclic) bond motifs is 1. The van der Waals surface area contributed by atoms with Gasteiger partial charge in [-0.3, -0.25) is 9.48 Å². The van der Waals surface area contributed by atoms with Gasteiger partial charge < -0.3 is 10.1 Å². The molecular weight excluding hydrogens is 384 g/mol. The van der Waals surface area contributed by atoms with Crippen LogP contribution in [0.5, 0.6) is 5.75 Å². The monoisotopic (exact) mass is 398 g/mol. The molecule has 0 atom stereocenters. The Morgan fingerprint density at radius 2 is 2.20 bits per heavy atom. The fourth-order valence-corrected chi connectivity index (χ4v) is 3.00. The Hall–Kier alpha value is -4.70. The normalized spacial score (nSPS) is 10.4. The smallest absolute Gasteiger partial charge is 0.261 e. The zero-order valence-corrected chi connectivity index (χ0v) is 15.8. The molecule has 0 unspecified atom stereocenters. The Morgan fingerprint density at radius 1 is 1.33 bits per heavy atom. The van der Waals surface area contributed by atoms with E-state index in [9.17, 15) is 10.1 Å². The molecular formula is C20H14N8O2. The Kier molecular flexibility index (Phi) is 4.81. The number of nitriles is 2. The lowest BCUT2D eigenvalue weighted by Gasteiger charge is -2.09. The van der Waals surface area contributed by atoms with Crippen LogP contribution in [0.25, 0.3) is 16.9 Å². The van der Waals surface area contributed by atoms with Gasteiger partial charge in [0.25, 0.3) is 5.91 Å². The second kappa shape index (κ2) is 7.73. The second-order valence-electron chi connectivity index (χ2n) is 6.17. The molecule has 10 heteroatoms. The first-order chi connectivity index (χ1) is 14.6. The summed E-state index contributed by atoms with van der Waals surface area (Å²) in [6.07, 6.45) is 6.23. The number of rotatable bonds is 5. The molecule has 30 heavy (non-hydrogen) atoms. The van der Waals surface area contributed by atoms with Crippen molar-refractivity contribution in [2.75, 3.05) is 12.4 Å². The lowest BCUT2D eigenvalue weighted by atomic mass is 10.1. The van der Waals surface area contributed by atoms with Gasteiger partial charge in [-0.2, -0.15) is 20.7 Å². The van der Waals surface area contributed by atoms with Crippen molar-refractivity contribution in [3.63, 3.8) is 0 Å². The molecule has 0 bridgehead atoms. The van der Waals surface area contributed by atoms with Crippen molar-refractivity contribution in [3.05, 3.63) is 60.2 Å². The third-order valence-electron chi connectivity index (χ3n) is 4.35. The first-order valence-electron chi connectivity index (χ1n) is 8.77. The molecule has 0 aliphatic heterocycles. The Balaban J connectivity index is 1.78. The minimum absolute atomic E-state index is 0.0125. The summed E-state index contributed by atoms with van der Waals surface area (Å²) in [7, 11) is 1.50. The third kappa shape index (κ3) is 3.30. The van der Waals surface area contributed by atoms with Crippen molar-refractivity contribution < 1.29 is 9.53 Å². The summed E-state index contributed by atoms with van der Waals surface area (Å²) in [6.45, 7) is -0.0125. The van der Waals surface area contributed by atoms with E-state index >= 15 is 0 Å². The number of anilines is 1. The van der Waals surface area contributed by atoms with Crippen molar-refractivity contribution >= 4 is 17.2 Å². The molecule has 146 valence electrons. The average Bonchev–Trinajstić information content (AvgIpc) is 3.37. The quantitative estimate of drug-likeness (QED) is 0.545. The summed E-state index contributed by atoms with van der Waals surface area (Å²) in [5, 5.41) is 29.6. The SMILES string of the molecule is COc1ccc(C#N)cc1-c1nn(CC#N)cc1NC(=O)c1cnn2cccnc12. The highest BCUT2D eigenvalue weighted by Crippen LogP contribution is 2.35. The molecule has 1 amide bonds. The van der Waals surface area contributed by atoms with Crippen molar-refractivity contribution in [1.82, 2.24) is 24.4 Å². The number of ether oxygens (including phenoxy) is 1. The number of methoxy groups -OCH3 is 1. The summed E-state index contributed by atoms with van der Waals surface area (Å²) in [5.41, 5.74) is 2.35. The largest absolute Gasteiger partial charge is 0.496 e. The molecule has 0 spiro atoms. The maximum atomic E-state index is 12.9. The van der Waals surface area contributed by atoms with Gasteiger partial charge in [0, 0.05) is 18.0 Å². The number of benzene rings is 1. The van der Waals surface area contributed by atoms with Crippen LogP contribution < -0.4 is 10.1 Å². The zero-order valence-electron chi connectivity index (χ0n) is 15.8. The lowest BCUT2D eigenvalue weighted by Crippen LogP contribution is -2.12. The molecule has 0 saturated heterocycles. The van der Waals surface area contributed by atoms with E-state index in [0.717, 1.165) is 0 Å². The fourth-order valence-electron chi connectivity index (χ4n) is 3.00. The number of hydrogen-bond acceptors (Lipinski definition) is 7. The van der Waals surface area contributed by atoms with Crippen molar-refractivity contribution in [3.8, 4) is 29.1 Å². The minimum atomic E-state index is -0.433. The van der Waals surface area contributed by atoms with Crippen LogP contribution in [0.3, 0.4) is 0 Å². The first-order valence-corrected chi connectivity index (χ1v) is 8.77. The topological polar surface area (TPSA) is 134 Å². The van der Waals surface area contributed by atoms with Crippen LogP contribution in [0.4, 0.5) is 5.69 Å². The summed E-state index contributed by atoms with van der Waals surface area (Å²) in [5.74, 6) is 0.0428. The molecule has 1 aromatic carbocycles. The number of nitrogens with one attached hydrogen (secondary N) is 1. The van der Waals surface area contributed by atoms with Gasteiger partial charge in [-0.1, -0.05) is 0 Å². The maximum absolute atomic E-state index is 12.9. The molecule has 4 rings (SSSR count). The number of aromatic nitrogens is 5. The highest BCUT2D eigenvalue weighted by Gasteiger charge is 2.20. The Morgan fingerprint density at radius 3 is 2.97 bits per heavy atom. The molecule has 0 radical (unpaired) electrons. The van der Waals surface area contributed by atoms with Gasteiger partial charge in [0.15, 0.2) is 5.65 Å². The summed E-state index contributed by atoms with van der Waals surface area (Å²) >= 11 is 0. The van der Waals surface area contributed by atoms with Gasteiger partial charge >= 0.3 is 0 Å². The predicted molar refractivity (Wildman–Crippen MR) is 105 cm³/mol. The van der Waals surface area contributed by atoms with E-state index in [0.29, 0.717) is 33.9 Å². The zero-order chi connectivity index (χ0) is 21.1. The van der Waals surface area contributed by atoms with Crippen molar-refractivity contribution in [1.29, 1.82) is 10.5 Å². The summed E-state index contributed by atoms with van der Waals surface area (Å²) in [6, 6.07) is 10.7. The van der Waals surface area contributed by atoms with Crippen LogP contribution in [0.2, 0.25) is 0 Å². The van der Waals surface area contributed by atoms with Gasteiger partial charge in [0.2, 0.25) is 0 Å². The second-order valence-corrected chi connectivity index (χ2v) is 6.17. The van der Waals surface area contributed by atoms with E-state index in [2.05, 4.69) is 26.6 Å². The van der Waals surface area contributed by atoms with E-state index in [1.165, 1.54) is 22.5 Å². The number of nitrogens with zero attached hydrogens (tertiary/aromatic N) is 7. The molecule has 0 aliphatic rings.